The second-order valence-corrected chi connectivity index (χ2v) is 5.46. The molecule has 0 saturated carbocycles. The van der Waals surface area contributed by atoms with Crippen molar-refractivity contribution in [2.45, 2.75) is 26.8 Å². The highest BCUT2D eigenvalue weighted by Gasteiger charge is 2.26. The fourth-order valence-electron chi connectivity index (χ4n) is 1.96. The second-order valence-electron chi connectivity index (χ2n) is 5.46. The van der Waals surface area contributed by atoms with Gasteiger partial charge in [-0.05, 0) is 20.8 Å². The molecule has 0 atom stereocenters. The molecule has 0 aliphatic heterocycles. The molecule has 27 heavy (non-hydrogen) atoms. The number of methoxy groups -OCH3 is 1. The topological polar surface area (TPSA) is 146 Å². The van der Waals surface area contributed by atoms with Gasteiger partial charge in [0.1, 0.15) is 5.56 Å². The van der Waals surface area contributed by atoms with Crippen molar-refractivity contribution in [2.75, 3.05) is 20.3 Å². The Hall–Kier alpha value is -3.37. The Labute approximate surface area is 155 Å². The van der Waals surface area contributed by atoms with Gasteiger partial charge in [0.15, 0.2) is 18.1 Å². The highest BCUT2D eigenvalue weighted by molar-refractivity contribution is 5.98. The van der Waals surface area contributed by atoms with Gasteiger partial charge in [0.25, 0.3) is 11.6 Å². The van der Waals surface area contributed by atoms with E-state index in [0.29, 0.717) is 0 Å². The number of ether oxygens (including phenoxy) is 3. The maximum Gasteiger partial charge on any atom is 0.345 e. The Bertz CT molecular complexity index is 733. The number of rotatable bonds is 8. The zero-order valence-corrected chi connectivity index (χ0v) is 15.4. The molecular weight excluding hydrogens is 362 g/mol. The lowest BCUT2D eigenvalue weighted by atomic mass is 10.1. The van der Waals surface area contributed by atoms with Crippen LogP contribution in [0.3, 0.4) is 0 Å². The number of esters is 1. The van der Waals surface area contributed by atoms with Gasteiger partial charge in [-0.3, -0.25) is 20.2 Å². The quantitative estimate of drug-likeness (QED) is 0.389. The maximum atomic E-state index is 12.2. The van der Waals surface area contributed by atoms with Gasteiger partial charge < -0.3 is 19.5 Å². The van der Waals surface area contributed by atoms with Gasteiger partial charge in [-0.2, -0.15) is 0 Å². The fraction of sp³-hybridized carbons (Fsp3) is 0.438. The zero-order valence-electron chi connectivity index (χ0n) is 15.4. The molecule has 2 N–H and O–H groups in total. The number of nitro benzene ring substituents is 1. The number of carbonyl (C=O) groups is 3. The van der Waals surface area contributed by atoms with Crippen molar-refractivity contribution in [3.8, 4) is 11.5 Å². The summed E-state index contributed by atoms with van der Waals surface area (Å²) in [4.78, 5) is 45.7. The summed E-state index contributed by atoms with van der Waals surface area (Å²) in [6.07, 6.45) is 0. The molecule has 0 aromatic heterocycles. The van der Waals surface area contributed by atoms with Crippen molar-refractivity contribution in [3.05, 3.63) is 27.8 Å². The Morgan fingerprint density at radius 2 is 1.89 bits per heavy atom. The van der Waals surface area contributed by atoms with Crippen molar-refractivity contribution in [1.82, 2.24) is 10.6 Å². The van der Waals surface area contributed by atoms with Crippen LogP contribution in [0.4, 0.5) is 10.5 Å². The SMILES string of the molecule is CCOc1cc([N+](=O)[O-])c(C(=O)OCC(=O)NC(=O)NC(C)C)cc1OC. The number of hydrogen-bond donors (Lipinski definition) is 2. The van der Waals surface area contributed by atoms with E-state index in [0.717, 1.165) is 12.1 Å². The number of nitro groups is 1. The van der Waals surface area contributed by atoms with Crippen LogP contribution in [-0.4, -0.2) is 49.2 Å². The number of urea groups is 1. The molecule has 148 valence electrons. The van der Waals surface area contributed by atoms with E-state index in [4.69, 9.17) is 14.2 Å². The number of carbonyl (C=O) groups excluding carboxylic acids is 3. The van der Waals surface area contributed by atoms with E-state index in [1.54, 1.807) is 20.8 Å². The van der Waals surface area contributed by atoms with Gasteiger partial charge in [-0.15, -0.1) is 0 Å². The molecule has 0 spiro atoms. The van der Waals surface area contributed by atoms with E-state index in [1.807, 2.05) is 5.32 Å². The molecule has 11 heteroatoms. The van der Waals surface area contributed by atoms with Crippen molar-refractivity contribution in [1.29, 1.82) is 0 Å². The normalized spacial score (nSPS) is 10.1. The molecule has 0 aliphatic carbocycles. The number of amides is 3. The van der Waals surface area contributed by atoms with E-state index in [2.05, 4.69) is 5.32 Å². The zero-order chi connectivity index (χ0) is 20.6. The molecule has 0 aliphatic rings. The molecule has 0 saturated heterocycles. The minimum atomic E-state index is -1.12. The van der Waals surface area contributed by atoms with Crippen molar-refractivity contribution in [3.63, 3.8) is 0 Å². The van der Waals surface area contributed by atoms with Crippen LogP contribution < -0.4 is 20.1 Å². The molecule has 0 bridgehead atoms. The van der Waals surface area contributed by atoms with Crippen LogP contribution in [0, 0.1) is 10.1 Å². The fourth-order valence-corrected chi connectivity index (χ4v) is 1.96. The molecular formula is C16H21N3O8. The lowest BCUT2D eigenvalue weighted by molar-refractivity contribution is -0.385. The smallest absolute Gasteiger partial charge is 0.345 e. The molecule has 0 fully saturated rings. The van der Waals surface area contributed by atoms with Crippen LogP contribution in [0.2, 0.25) is 0 Å². The first kappa shape index (κ1) is 21.7. The predicted octanol–water partition coefficient (Wildman–Crippen LogP) is 1.39. The number of benzene rings is 1. The number of nitrogens with zero attached hydrogens (tertiary/aromatic N) is 1. The summed E-state index contributed by atoms with van der Waals surface area (Å²) < 4.78 is 15.0. The van der Waals surface area contributed by atoms with E-state index in [9.17, 15) is 24.5 Å². The van der Waals surface area contributed by atoms with Crippen LogP contribution in [0.25, 0.3) is 0 Å². The Kier molecular flexibility index (Phi) is 7.98. The van der Waals surface area contributed by atoms with Gasteiger partial charge in [0, 0.05) is 12.1 Å². The van der Waals surface area contributed by atoms with Crippen molar-refractivity contribution >= 4 is 23.6 Å². The van der Waals surface area contributed by atoms with Gasteiger partial charge in [0.05, 0.1) is 24.7 Å². The molecule has 1 aromatic carbocycles. The molecule has 11 nitrogen and oxygen atoms in total. The third kappa shape index (κ3) is 6.45. The average Bonchev–Trinajstić information content (AvgIpc) is 2.58. The van der Waals surface area contributed by atoms with Gasteiger partial charge in [-0.1, -0.05) is 0 Å². The number of hydrogen-bond acceptors (Lipinski definition) is 8. The Balaban J connectivity index is 2.91. The predicted molar refractivity (Wildman–Crippen MR) is 92.9 cm³/mol. The largest absolute Gasteiger partial charge is 0.493 e. The first-order chi connectivity index (χ1) is 12.7. The molecule has 1 aromatic rings. The molecule has 1 rings (SSSR count). The lowest BCUT2D eigenvalue weighted by Crippen LogP contribution is -2.44. The summed E-state index contributed by atoms with van der Waals surface area (Å²) in [5, 5.41) is 15.6. The first-order valence-electron chi connectivity index (χ1n) is 7.96. The van der Waals surface area contributed by atoms with Gasteiger partial charge in [-0.25, -0.2) is 9.59 Å². The number of nitrogens with one attached hydrogen (secondary N) is 2. The summed E-state index contributed by atoms with van der Waals surface area (Å²) >= 11 is 0. The summed E-state index contributed by atoms with van der Waals surface area (Å²) in [5.74, 6) is -1.83. The van der Waals surface area contributed by atoms with Crippen LogP contribution in [-0.2, 0) is 9.53 Å². The molecule has 3 amide bonds. The van der Waals surface area contributed by atoms with E-state index in [-0.39, 0.29) is 24.1 Å². The Morgan fingerprint density at radius 1 is 1.22 bits per heavy atom. The number of imide groups is 1. The van der Waals surface area contributed by atoms with Crippen LogP contribution in [0.15, 0.2) is 12.1 Å². The maximum absolute atomic E-state index is 12.2. The highest BCUT2D eigenvalue weighted by atomic mass is 16.6. The molecule has 0 heterocycles. The third-order valence-electron chi connectivity index (χ3n) is 3.01. The highest BCUT2D eigenvalue weighted by Crippen LogP contribution is 2.35. The van der Waals surface area contributed by atoms with E-state index >= 15 is 0 Å². The summed E-state index contributed by atoms with van der Waals surface area (Å²) in [6, 6.07) is 1.18. The summed E-state index contributed by atoms with van der Waals surface area (Å²) in [5.41, 5.74) is -0.984. The van der Waals surface area contributed by atoms with Crippen LogP contribution >= 0.6 is 0 Å². The standard InChI is InChI=1S/C16H21N3O8/c1-5-26-13-7-11(19(23)24)10(6-12(13)25-4)15(21)27-8-14(20)18-16(22)17-9(2)3/h6-7,9H,5,8H2,1-4H3,(H2,17,18,20,22). The van der Waals surface area contributed by atoms with Crippen LogP contribution in [0.1, 0.15) is 31.1 Å². The van der Waals surface area contributed by atoms with Crippen molar-refractivity contribution < 1.29 is 33.5 Å². The van der Waals surface area contributed by atoms with Gasteiger partial charge in [0.2, 0.25) is 0 Å². The second kappa shape index (κ2) is 9.94. The van der Waals surface area contributed by atoms with Crippen molar-refractivity contribution in [2.24, 2.45) is 0 Å². The summed E-state index contributed by atoms with van der Waals surface area (Å²) in [6.45, 7) is 4.51. The Morgan fingerprint density at radius 3 is 2.41 bits per heavy atom. The minimum Gasteiger partial charge on any atom is -0.493 e. The van der Waals surface area contributed by atoms with E-state index < -0.39 is 40.7 Å². The third-order valence-corrected chi connectivity index (χ3v) is 3.01. The average molecular weight is 383 g/mol. The monoisotopic (exact) mass is 383 g/mol. The van der Waals surface area contributed by atoms with Crippen LogP contribution in [0.5, 0.6) is 11.5 Å². The minimum absolute atomic E-state index is 0.0892. The molecule has 0 radical (unpaired) electrons. The first-order valence-corrected chi connectivity index (χ1v) is 7.96. The summed E-state index contributed by atoms with van der Waals surface area (Å²) in [7, 11) is 1.31. The molecule has 0 unspecified atom stereocenters. The lowest BCUT2D eigenvalue weighted by Gasteiger charge is -2.12. The van der Waals surface area contributed by atoms with E-state index in [1.165, 1.54) is 7.11 Å². The van der Waals surface area contributed by atoms with Gasteiger partial charge >= 0.3 is 12.0 Å².